The Hall–Kier alpha value is -1.55. The van der Waals surface area contributed by atoms with Crippen LogP contribution in [-0.2, 0) is 0 Å². The molecule has 4 nitrogen and oxygen atoms in total. The first-order valence-corrected chi connectivity index (χ1v) is 9.45. The fraction of sp³-hybridized carbons (Fsp3) is 0.650. The average molecular weight is 330 g/mol. The topological polar surface area (TPSA) is 41.6 Å². The van der Waals surface area contributed by atoms with Crippen molar-refractivity contribution < 1.29 is 9.53 Å². The molecule has 1 saturated heterocycles. The molecule has 0 bridgehead atoms. The summed E-state index contributed by atoms with van der Waals surface area (Å²) in [6.07, 6.45) is 8.85. The maximum absolute atomic E-state index is 12.6. The summed E-state index contributed by atoms with van der Waals surface area (Å²) in [6.45, 7) is 2.47. The highest BCUT2D eigenvalue weighted by atomic mass is 16.5. The van der Waals surface area contributed by atoms with Crippen molar-refractivity contribution in [1.82, 2.24) is 10.2 Å². The van der Waals surface area contributed by atoms with Gasteiger partial charge in [0.15, 0.2) is 0 Å². The molecule has 2 aliphatic rings. The smallest absolute Gasteiger partial charge is 0.253 e. The summed E-state index contributed by atoms with van der Waals surface area (Å²) in [4.78, 5) is 14.6. The number of nitrogens with one attached hydrogen (secondary N) is 1. The highest BCUT2D eigenvalue weighted by molar-refractivity contribution is 5.94. The number of hydrogen-bond acceptors (Lipinski definition) is 3. The van der Waals surface area contributed by atoms with E-state index in [1.54, 1.807) is 0 Å². The monoisotopic (exact) mass is 330 g/mol. The minimum absolute atomic E-state index is 0.133. The fourth-order valence-corrected chi connectivity index (χ4v) is 3.84. The Morgan fingerprint density at radius 3 is 2.58 bits per heavy atom. The van der Waals surface area contributed by atoms with Gasteiger partial charge in [-0.05, 0) is 62.9 Å². The average Bonchev–Trinajstić information content (AvgIpc) is 2.67. The van der Waals surface area contributed by atoms with Crippen LogP contribution in [0.1, 0.15) is 55.3 Å². The van der Waals surface area contributed by atoms with Gasteiger partial charge in [0.1, 0.15) is 5.75 Å². The van der Waals surface area contributed by atoms with Gasteiger partial charge in [-0.2, -0.15) is 0 Å². The van der Waals surface area contributed by atoms with E-state index in [1.165, 1.54) is 32.1 Å². The minimum atomic E-state index is 0.133. The number of hydrogen-bond donors (Lipinski definition) is 1. The van der Waals surface area contributed by atoms with Gasteiger partial charge in [0, 0.05) is 24.7 Å². The maximum atomic E-state index is 12.6. The second-order valence-corrected chi connectivity index (χ2v) is 7.22. The number of likely N-dealkylation sites (N-methyl/N-ethyl adjacent to an activating group) is 1. The molecule has 0 aromatic heterocycles. The quantitative estimate of drug-likeness (QED) is 0.899. The Kier molecular flexibility index (Phi) is 6.13. The van der Waals surface area contributed by atoms with Crippen molar-refractivity contribution in [2.24, 2.45) is 5.92 Å². The van der Waals surface area contributed by atoms with E-state index in [0.717, 1.165) is 43.9 Å². The van der Waals surface area contributed by atoms with Crippen molar-refractivity contribution in [3.8, 4) is 5.75 Å². The number of piperidine rings is 1. The summed E-state index contributed by atoms with van der Waals surface area (Å²) in [5, 5.41) is 3.28. The molecule has 1 heterocycles. The molecule has 1 aromatic rings. The third-order valence-corrected chi connectivity index (χ3v) is 5.43. The fourth-order valence-electron chi connectivity index (χ4n) is 3.84. The Labute approximate surface area is 145 Å². The zero-order valence-electron chi connectivity index (χ0n) is 14.8. The van der Waals surface area contributed by atoms with Crippen LogP contribution in [-0.4, -0.2) is 43.6 Å². The zero-order chi connectivity index (χ0) is 16.8. The largest absolute Gasteiger partial charge is 0.493 e. The first-order chi connectivity index (χ1) is 11.8. The number of benzene rings is 1. The van der Waals surface area contributed by atoms with E-state index in [0.29, 0.717) is 12.0 Å². The summed E-state index contributed by atoms with van der Waals surface area (Å²) in [7, 11) is 1.97. The summed E-state index contributed by atoms with van der Waals surface area (Å²) < 4.78 is 5.93. The van der Waals surface area contributed by atoms with E-state index in [1.807, 2.05) is 36.2 Å². The lowest BCUT2D eigenvalue weighted by molar-refractivity contribution is 0.0698. The van der Waals surface area contributed by atoms with E-state index < -0.39 is 0 Å². The predicted molar refractivity (Wildman–Crippen MR) is 96.5 cm³/mol. The van der Waals surface area contributed by atoms with Gasteiger partial charge in [-0.1, -0.05) is 19.3 Å². The molecule has 2 fully saturated rings. The SMILES string of the molecule is CNC1CCCN(C(=O)c2ccc(OCC3CCCCC3)cc2)C1. The number of carbonyl (C=O) groups excluding carboxylic acids is 1. The third kappa shape index (κ3) is 4.50. The molecule has 1 unspecified atom stereocenters. The van der Waals surface area contributed by atoms with Crippen molar-refractivity contribution >= 4 is 5.91 Å². The maximum Gasteiger partial charge on any atom is 0.253 e. The van der Waals surface area contributed by atoms with Gasteiger partial charge in [-0.25, -0.2) is 0 Å². The summed E-state index contributed by atoms with van der Waals surface area (Å²) in [5.41, 5.74) is 0.761. The molecular weight excluding hydrogens is 300 g/mol. The molecule has 4 heteroatoms. The zero-order valence-corrected chi connectivity index (χ0v) is 14.8. The van der Waals surface area contributed by atoms with Crippen LogP contribution >= 0.6 is 0 Å². The van der Waals surface area contributed by atoms with Gasteiger partial charge in [0.05, 0.1) is 6.61 Å². The van der Waals surface area contributed by atoms with Gasteiger partial charge < -0.3 is 15.0 Å². The van der Waals surface area contributed by atoms with Crippen molar-refractivity contribution in [3.63, 3.8) is 0 Å². The van der Waals surface area contributed by atoms with E-state index in [9.17, 15) is 4.79 Å². The van der Waals surface area contributed by atoms with Crippen molar-refractivity contribution in [2.45, 2.75) is 51.0 Å². The van der Waals surface area contributed by atoms with Gasteiger partial charge in [-0.15, -0.1) is 0 Å². The number of carbonyl (C=O) groups is 1. The van der Waals surface area contributed by atoms with E-state index in [-0.39, 0.29) is 5.91 Å². The van der Waals surface area contributed by atoms with Gasteiger partial charge in [0.2, 0.25) is 0 Å². The van der Waals surface area contributed by atoms with Crippen LogP contribution in [0.4, 0.5) is 0 Å². The molecule has 1 aliphatic carbocycles. The lowest BCUT2D eigenvalue weighted by atomic mass is 9.90. The summed E-state index contributed by atoms with van der Waals surface area (Å²) in [5.74, 6) is 1.71. The number of nitrogens with zero attached hydrogens (tertiary/aromatic N) is 1. The van der Waals surface area contributed by atoms with Crippen LogP contribution in [0.2, 0.25) is 0 Å². The Bertz CT molecular complexity index is 523. The Morgan fingerprint density at radius 1 is 1.12 bits per heavy atom. The lowest BCUT2D eigenvalue weighted by Crippen LogP contribution is -2.46. The van der Waals surface area contributed by atoms with Gasteiger partial charge in [0.25, 0.3) is 5.91 Å². The first kappa shape index (κ1) is 17.3. The minimum Gasteiger partial charge on any atom is -0.493 e. The number of amides is 1. The molecule has 24 heavy (non-hydrogen) atoms. The normalized spacial score (nSPS) is 22.4. The number of rotatable bonds is 5. The molecule has 1 amide bonds. The predicted octanol–water partition coefficient (Wildman–Crippen LogP) is 3.47. The third-order valence-electron chi connectivity index (χ3n) is 5.43. The molecule has 1 N–H and O–H groups in total. The Morgan fingerprint density at radius 2 is 1.88 bits per heavy atom. The highest BCUT2D eigenvalue weighted by Crippen LogP contribution is 2.25. The van der Waals surface area contributed by atoms with Gasteiger partial charge in [-0.3, -0.25) is 4.79 Å². The summed E-state index contributed by atoms with van der Waals surface area (Å²) >= 11 is 0. The molecular formula is C20H30N2O2. The molecule has 0 radical (unpaired) electrons. The van der Waals surface area contributed by atoms with Crippen LogP contribution in [0.3, 0.4) is 0 Å². The molecule has 1 saturated carbocycles. The molecule has 0 spiro atoms. The van der Waals surface area contributed by atoms with Crippen LogP contribution in [0, 0.1) is 5.92 Å². The number of likely N-dealkylation sites (tertiary alicyclic amines) is 1. The van der Waals surface area contributed by atoms with Gasteiger partial charge >= 0.3 is 0 Å². The Balaban J connectivity index is 1.52. The summed E-state index contributed by atoms with van der Waals surface area (Å²) in [6, 6.07) is 8.11. The molecule has 1 aromatic carbocycles. The molecule has 3 rings (SSSR count). The second-order valence-electron chi connectivity index (χ2n) is 7.22. The number of ether oxygens (including phenoxy) is 1. The van der Waals surface area contributed by atoms with Crippen LogP contribution in [0.5, 0.6) is 5.75 Å². The van der Waals surface area contributed by atoms with Crippen molar-refractivity contribution in [2.75, 3.05) is 26.7 Å². The van der Waals surface area contributed by atoms with Crippen molar-refractivity contribution in [3.05, 3.63) is 29.8 Å². The van der Waals surface area contributed by atoms with E-state index in [2.05, 4.69) is 5.32 Å². The van der Waals surface area contributed by atoms with E-state index >= 15 is 0 Å². The van der Waals surface area contributed by atoms with E-state index in [4.69, 9.17) is 4.74 Å². The first-order valence-electron chi connectivity index (χ1n) is 9.45. The molecule has 1 atom stereocenters. The second kappa shape index (κ2) is 8.52. The molecule has 1 aliphatic heterocycles. The van der Waals surface area contributed by atoms with Crippen LogP contribution in [0.15, 0.2) is 24.3 Å². The van der Waals surface area contributed by atoms with Crippen molar-refractivity contribution in [1.29, 1.82) is 0 Å². The highest BCUT2D eigenvalue weighted by Gasteiger charge is 2.23. The molecule has 132 valence electrons. The lowest BCUT2D eigenvalue weighted by Gasteiger charge is -2.32. The van der Waals surface area contributed by atoms with Crippen LogP contribution in [0.25, 0.3) is 0 Å². The standard InChI is InChI=1S/C20H30N2O2/c1-21-18-8-5-13-22(14-18)20(23)17-9-11-19(12-10-17)24-15-16-6-3-2-4-7-16/h9-12,16,18,21H,2-8,13-15H2,1H3. The van der Waals surface area contributed by atoms with Crippen LogP contribution < -0.4 is 10.1 Å².